The van der Waals surface area contributed by atoms with Crippen molar-refractivity contribution in [2.24, 2.45) is 0 Å². The maximum atomic E-state index is 12.0. The summed E-state index contributed by atoms with van der Waals surface area (Å²) in [4.78, 5) is 14.0. The topological polar surface area (TPSA) is 58.4 Å². The third kappa shape index (κ3) is 3.81. The molecule has 130 valence electrons. The fourth-order valence-electron chi connectivity index (χ4n) is 3.91. The Balaban J connectivity index is 1.70. The smallest absolute Gasteiger partial charge is 0.236 e. The van der Waals surface area contributed by atoms with Crippen LogP contribution in [-0.4, -0.2) is 37.5 Å². The van der Waals surface area contributed by atoms with Crippen LogP contribution in [0.3, 0.4) is 0 Å². The Morgan fingerprint density at radius 3 is 2.75 bits per heavy atom. The molecule has 1 aliphatic carbocycles. The van der Waals surface area contributed by atoms with Crippen LogP contribution in [0.2, 0.25) is 0 Å². The summed E-state index contributed by atoms with van der Waals surface area (Å²) in [5.41, 5.74) is 11.2. The van der Waals surface area contributed by atoms with E-state index in [1.54, 1.807) is 0 Å². The average molecular weight is 327 g/mol. The predicted octanol–water partition coefficient (Wildman–Crippen LogP) is 3.15. The number of hydrogen-bond acceptors (Lipinski definition) is 3. The Morgan fingerprint density at radius 1 is 1.29 bits per heavy atom. The molecule has 1 aromatic carbocycles. The monoisotopic (exact) mass is 327 g/mol. The number of hydrogen-bond donors (Lipinski definition) is 2. The first kappa shape index (κ1) is 17.0. The van der Waals surface area contributed by atoms with E-state index in [1.165, 1.54) is 36.0 Å². The van der Waals surface area contributed by atoms with Gasteiger partial charge in [0.25, 0.3) is 0 Å². The van der Waals surface area contributed by atoms with Gasteiger partial charge in [0.2, 0.25) is 5.91 Å². The van der Waals surface area contributed by atoms with Crippen LogP contribution in [-0.2, 0) is 4.79 Å². The minimum Gasteiger partial charge on any atom is -0.398 e. The maximum absolute atomic E-state index is 12.0. The lowest BCUT2D eigenvalue weighted by Gasteiger charge is -2.32. The van der Waals surface area contributed by atoms with Gasteiger partial charge in [-0.05, 0) is 74.8 Å². The normalized spacial score (nSPS) is 19.2. The van der Waals surface area contributed by atoms with Gasteiger partial charge in [-0.2, -0.15) is 0 Å². The van der Waals surface area contributed by atoms with E-state index in [0.29, 0.717) is 12.5 Å². The lowest BCUT2D eigenvalue weighted by atomic mass is 9.85. The highest BCUT2D eigenvalue weighted by Gasteiger charge is 2.24. The molecule has 3 N–H and O–H groups in total. The molecule has 0 radical (unpaired) electrons. The molecule has 1 fully saturated rings. The van der Waals surface area contributed by atoms with Gasteiger partial charge >= 0.3 is 0 Å². The number of amides is 1. The zero-order valence-corrected chi connectivity index (χ0v) is 14.7. The Bertz CT molecular complexity index is 615. The largest absolute Gasteiger partial charge is 0.398 e. The summed E-state index contributed by atoms with van der Waals surface area (Å²) < 4.78 is 0. The van der Waals surface area contributed by atoms with E-state index >= 15 is 0 Å². The van der Waals surface area contributed by atoms with Gasteiger partial charge in [-0.25, -0.2) is 0 Å². The highest BCUT2D eigenvalue weighted by molar-refractivity contribution is 5.78. The van der Waals surface area contributed by atoms with Crippen LogP contribution < -0.4 is 11.1 Å². The molecule has 24 heavy (non-hydrogen) atoms. The standard InChI is InChI=1S/C20H29N3O/c1-22-14-20(24)23-11-9-15(10-12-23)17-7-8-19(21)18(13-17)16-5-3-2-4-6-16/h5,7-8,13,15,22H,2-4,6,9-12,14,21H2,1H3. The van der Waals surface area contributed by atoms with Crippen LogP contribution in [0.1, 0.15) is 55.6 Å². The Labute approximate surface area is 145 Å². The summed E-state index contributed by atoms with van der Waals surface area (Å²) >= 11 is 0. The van der Waals surface area contributed by atoms with Gasteiger partial charge in [0.15, 0.2) is 0 Å². The Morgan fingerprint density at radius 2 is 2.08 bits per heavy atom. The third-order valence-electron chi connectivity index (χ3n) is 5.36. The number of nitrogens with two attached hydrogens (primary N) is 1. The van der Waals surface area contributed by atoms with Crippen molar-refractivity contribution in [3.63, 3.8) is 0 Å². The molecular formula is C20H29N3O. The molecule has 0 atom stereocenters. The van der Waals surface area contributed by atoms with Crippen LogP contribution in [0.15, 0.2) is 24.3 Å². The molecule has 1 aliphatic heterocycles. The number of rotatable bonds is 4. The number of anilines is 1. The molecule has 1 amide bonds. The fraction of sp³-hybridized carbons (Fsp3) is 0.550. The molecule has 1 aromatic rings. The second-order valence-corrected chi connectivity index (χ2v) is 7.01. The number of nitrogens with zero attached hydrogens (tertiary/aromatic N) is 1. The van der Waals surface area contributed by atoms with Crippen LogP contribution in [0, 0.1) is 0 Å². The van der Waals surface area contributed by atoms with Crippen LogP contribution in [0.25, 0.3) is 5.57 Å². The third-order valence-corrected chi connectivity index (χ3v) is 5.36. The fourth-order valence-corrected chi connectivity index (χ4v) is 3.91. The lowest BCUT2D eigenvalue weighted by molar-refractivity contribution is -0.131. The first-order valence-corrected chi connectivity index (χ1v) is 9.20. The van der Waals surface area contributed by atoms with Gasteiger partial charge in [0.05, 0.1) is 6.54 Å². The van der Waals surface area contributed by atoms with Crippen molar-refractivity contribution >= 4 is 17.2 Å². The summed E-state index contributed by atoms with van der Waals surface area (Å²) in [5, 5.41) is 2.95. The van der Waals surface area contributed by atoms with Gasteiger partial charge in [-0.3, -0.25) is 4.79 Å². The van der Waals surface area contributed by atoms with Gasteiger partial charge in [-0.15, -0.1) is 0 Å². The molecule has 4 heteroatoms. The summed E-state index contributed by atoms with van der Waals surface area (Å²) in [6.07, 6.45) is 9.31. The zero-order chi connectivity index (χ0) is 16.9. The number of benzene rings is 1. The van der Waals surface area contributed by atoms with E-state index in [1.807, 2.05) is 11.9 Å². The predicted molar refractivity (Wildman–Crippen MR) is 99.8 cm³/mol. The molecule has 0 unspecified atom stereocenters. The lowest BCUT2D eigenvalue weighted by Crippen LogP contribution is -2.41. The number of likely N-dealkylation sites (N-methyl/N-ethyl adjacent to an activating group) is 1. The second kappa shape index (κ2) is 7.84. The summed E-state index contributed by atoms with van der Waals surface area (Å²) in [5.74, 6) is 0.744. The molecule has 0 bridgehead atoms. The average Bonchev–Trinajstić information content (AvgIpc) is 2.63. The number of allylic oxidation sites excluding steroid dienone is 2. The van der Waals surface area contributed by atoms with Crippen molar-refractivity contribution in [1.82, 2.24) is 10.2 Å². The minimum atomic E-state index is 0.210. The number of carbonyl (C=O) groups is 1. The van der Waals surface area contributed by atoms with E-state index in [4.69, 9.17) is 5.73 Å². The van der Waals surface area contributed by atoms with Crippen molar-refractivity contribution < 1.29 is 4.79 Å². The highest BCUT2D eigenvalue weighted by Crippen LogP contribution is 2.35. The summed E-state index contributed by atoms with van der Waals surface area (Å²) in [6, 6.07) is 6.55. The quantitative estimate of drug-likeness (QED) is 0.835. The van der Waals surface area contributed by atoms with Crippen LogP contribution in [0.4, 0.5) is 5.69 Å². The van der Waals surface area contributed by atoms with Gasteiger partial charge in [-0.1, -0.05) is 12.1 Å². The van der Waals surface area contributed by atoms with Crippen molar-refractivity contribution in [3.05, 3.63) is 35.4 Å². The molecule has 2 aliphatic rings. The number of nitrogen functional groups attached to an aromatic ring is 1. The van der Waals surface area contributed by atoms with Crippen molar-refractivity contribution in [2.45, 2.75) is 44.4 Å². The SMILES string of the molecule is CNCC(=O)N1CCC(c2ccc(N)c(C3=CCCCC3)c2)CC1. The van der Waals surface area contributed by atoms with E-state index in [-0.39, 0.29) is 5.91 Å². The number of piperidine rings is 1. The van der Waals surface area contributed by atoms with Crippen LogP contribution >= 0.6 is 0 Å². The Kier molecular flexibility index (Phi) is 5.56. The molecule has 0 saturated carbocycles. The van der Waals surface area contributed by atoms with Crippen molar-refractivity contribution in [3.8, 4) is 0 Å². The van der Waals surface area contributed by atoms with E-state index in [9.17, 15) is 4.79 Å². The van der Waals surface area contributed by atoms with Gasteiger partial charge < -0.3 is 16.0 Å². The molecule has 1 saturated heterocycles. The number of likely N-dealkylation sites (tertiary alicyclic amines) is 1. The molecule has 0 spiro atoms. The van der Waals surface area contributed by atoms with E-state index in [0.717, 1.165) is 38.0 Å². The zero-order valence-electron chi connectivity index (χ0n) is 14.7. The first-order chi connectivity index (χ1) is 11.7. The first-order valence-electron chi connectivity index (χ1n) is 9.20. The molecule has 3 rings (SSSR count). The number of nitrogens with one attached hydrogen (secondary N) is 1. The second-order valence-electron chi connectivity index (χ2n) is 7.01. The van der Waals surface area contributed by atoms with Gasteiger partial charge in [0.1, 0.15) is 0 Å². The van der Waals surface area contributed by atoms with E-state index < -0.39 is 0 Å². The molecule has 0 aromatic heterocycles. The highest BCUT2D eigenvalue weighted by atomic mass is 16.2. The summed E-state index contributed by atoms with van der Waals surface area (Å²) in [7, 11) is 1.82. The minimum absolute atomic E-state index is 0.210. The molecular weight excluding hydrogens is 298 g/mol. The maximum Gasteiger partial charge on any atom is 0.236 e. The molecule has 4 nitrogen and oxygen atoms in total. The summed E-state index contributed by atoms with van der Waals surface area (Å²) in [6.45, 7) is 2.14. The number of carbonyl (C=O) groups excluding carboxylic acids is 1. The van der Waals surface area contributed by atoms with Gasteiger partial charge in [0, 0.05) is 24.3 Å². The molecule has 1 heterocycles. The van der Waals surface area contributed by atoms with E-state index in [2.05, 4.69) is 29.6 Å². The Hall–Kier alpha value is -1.81. The van der Waals surface area contributed by atoms with Crippen molar-refractivity contribution in [1.29, 1.82) is 0 Å². The van der Waals surface area contributed by atoms with Crippen molar-refractivity contribution in [2.75, 3.05) is 32.4 Å². The van der Waals surface area contributed by atoms with Crippen LogP contribution in [0.5, 0.6) is 0 Å².